The molecule has 5 nitrogen and oxygen atoms in total. The van der Waals surface area contributed by atoms with E-state index in [4.69, 9.17) is 0 Å². The van der Waals surface area contributed by atoms with Crippen molar-refractivity contribution in [3.05, 3.63) is 89.3 Å². The number of sulfonamides is 1. The van der Waals surface area contributed by atoms with Crippen molar-refractivity contribution in [2.24, 2.45) is 5.92 Å². The molecule has 0 unspecified atom stereocenters. The van der Waals surface area contributed by atoms with E-state index >= 15 is 0 Å². The van der Waals surface area contributed by atoms with Gasteiger partial charge in [0.2, 0.25) is 5.91 Å². The van der Waals surface area contributed by atoms with Crippen LogP contribution in [0.5, 0.6) is 0 Å². The largest absolute Gasteiger partial charge is 0.334 e. The fraction of sp³-hybridized carbons (Fsp3) is 0.292. The summed E-state index contributed by atoms with van der Waals surface area (Å²) in [5, 5.41) is 1.76. The van der Waals surface area contributed by atoms with Crippen LogP contribution < -0.4 is 0 Å². The summed E-state index contributed by atoms with van der Waals surface area (Å²) in [5.41, 5.74) is 2.12. The second-order valence-electron chi connectivity index (χ2n) is 7.80. The highest BCUT2D eigenvalue weighted by Gasteiger charge is 2.35. The van der Waals surface area contributed by atoms with Crippen LogP contribution in [0.25, 0.3) is 0 Å². The van der Waals surface area contributed by atoms with Crippen LogP contribution in [0.2, 0.25) is 0 Å². The van der Waals surface area contributed by atoms with Gasteiger partial charge in [0.05, 0.1) is 5.92 Å². The van der Waals surface area contributed by atoms with Gasteiger partial charge in [0.15, 0.2) is 0 Å². The van der Waals surface area contributed by atoms with Crippen molar-refractivity contribution in [3.63, 3.8) is 0 Å². The Hall–Kier alpha value is -2.48. The molecule has 1 fully saturated rings. The predicted molar refractivity (Wildman–Crippen MR) is 123 cm³/mol. The SMILES string of the molecule is O=C([C@@H]1CCCN(S(=O)(=O)c2cccs2)C1)N(Cc1ccccc1)Cc1ccccc1. The van der Waals surface area contributed by atoms with Gasteiger partial charge in [-0.1, -0.05) is 66.7 Å². The van der Waals surface area contributed by atoms with Crippen molar-refractivity contribution in [2.75, 3.05) is 13.1 Å². The van der Waals surface area contributed by atoms with Crippen LogP contribution in [0, 0.1) is 5.92 Å². The molecule has 31 heavy (non-hydrogen) atoms. The Balaban J connectivity index is 1.54. The standard InChI is InChI=1S/C24H26N2O3S2/c27-24(22-13-7-15-26(19-22)31(28,29)23-14-8-16-30-23)25(17-20-9-3-1-4-10-20)18-21-11-5-2-6-12-21/h1-6,8-12,14,16,22H,7,13,15,17-19H2/t22-/m1/s1. The second-order valence-corrected chi connectivity index (χ2v) is 10.9. The Labute approximate surface area is 188 Å². The number of hydrogen-bond acceptors (Lipinski definition) is 4. The Morgan fingerprint density at radius 1 is 0.935 bits per heavy atom. The maximum absolute atomic E-state index is 13.6. The molecule has 0 bridgehead atoms. The average Bonchev–Trinajstić information content (AvgIpc) is 3.36. The first-order valence-corrected chi connectivity index (χ1v) is 12.8. The quantitative estimate of drug-likeness (QED) is 0.532. The van der Waals surface area contributed by atoms with Crippen molar-refractivity contribution in [1.82, 2.24) is 9.21 Å². The van der Waals surface area contributed by atoms with E-state index in [1.807, 2.05) is 65.6 Å². The molecule has 2 heterocycles. The molecule has 4 rings (SSSR count). The highest BCUT2D eigenvalue weighted by atomic mass is 32.2. The van der Waals surface area contributed by atoms with Crippen LogP contribution in [0.3, 0.4) is 0 Å². The highest BCUT2D eigenvalue weighted by Crippen LogP contribution is 2.28. The summed E-state index contributed by atoms with van der Waals surface area (Å²) in [5.74, 6) is -0.324. The molecule has 0 aliphatic carbocycles. The number of nitrogens with zero attached hydrogens (tertiary/aromatic N) is 2. The van der Waals surface area contributed by atoms with Gasteiger partial charge >= 0.3 is 0 Å². The lowest BCUT2D eigenvalue weighted by Gasteiger charge is -2.34. The Bertz CT molecular complexity index is 1040. The van der Waals surface area contributed by atoms with Gasteiger partial charge in [-0.3, -0.25) is 4.79 Å². The molecule has 1 aliphatic heterocycles. The Kier molecular flexibility index (Phi) is 6.85. The first kappa shape index (κ1) is 21.7. The van der Waals surface area contributed by atoms with E-state index in [9.17, 15) is 13.2 Å². The summed E-state index contributed by atoms with van der Waals surface area (Å²) >= 11 is 1.22. The van der Waals surface area contributed by atoms with Crippen molar-refractivity contribution in [3.8, 4) is 0 Å². The highest BCUT2D eigenvalue weighted by molar-refractivity contribution is 7.91. The molecule has 0 spiro atoms. The van der Waals surface area contributed by atoms with E-state index in [1.54, 1.807) is 17.5 Å². The summed E-state index contributed by atoms with van der Waals surface area (Å²) in [7, 11) is -3.55. The molecule has 1 saturated heterocycles. The van der Waals surface area contributed by atoms with Gasteiger partial charge in [-0.2, -0.15) is 4.31 Å². The Morgan fingerprint density at radius 2 is 1.55 bits per heavy atom. The van der Waals surface area contributed by atoms with E-state index in [0.29, 0.717) is 36.7 Å². The van der Waals surface area contributed by atoms with E-state index in [-0.39, 0.29) is 18.4 Å². The number of benzene rings is 2. The molecule has 0 N–H and O–H groups in total. The minimum Gasteiger partial charge on any atom is -0.334 e. The number of rotatable bonds is 7. The second kappa shape index (κ2) is 9.77. The van der Waals surface area contributed by atoms with Crippen molar-refractivity contribution in [2.45, 2.75) is 30.1 Å². The zero-order valence-electron chi connectivity index (χ0n) is 17.3. The van der Waals surface area contributed by atoms with Crippen molar-refractivity contribution < 1.29 is 13.2 Å². The van der Waals surface area contributed by atoms with Crippen molar-refractivity contribution in [1.29, 1.82) is 0 Å². The number of carbonyl (C=O) groups excluding carboxylic acids is 1. The number of carbonyl (C=O) groups is 1. The molecule has 0 radical (unpaired) electrons. The number of amides is 1. The fourth-order valence-electron chi connectivity index (χ4n) is 3.98. The zero-order valence-corrected chi connectivity index (χ0v) is 18.9. The first-order valence-electron chi connectivity index (χ1n) is 10.4. The third kappa shape index (κ3) is 5.23. The topological polar surface area (TPSA) is 57.7 Å². The lowest BCUT2D eigenvalue weighted by atomic mass is 9.97. The molecule has 1 aliphatic rings. The fourth-order valence-corrected chi connectivity index (χ4v) is 6.65. The molecular formula is C24H26N2O3S2. The molecule has 162 valence electrons. The third-order valence-corrected chi connectivity index (χ3v) is 8.80. The Morgan fingerprint density at radius 3 is 2.10 bits per heavy atom. The normalized spacial score (nSPS) is 17.4. The molecule has 1 amide bonds. The van der Waals surface area contributed by atoms with Gasteiger partial charge in [0.25, 0.3) is 10.0 Å². The summed E-state index contributed by atoms with van der Waals surface area (Å²) in [6.45, 7) is 1.70. The smallest absolute Gasteiger partial charge is 0.252 e. The molecule has 3 aromatic rings. The molecule has 2 aromatic carbocycles. The summed E-state index contributed by atoms with van der Waals surface area (Å²) in [6.07, 6.45) is 1.39. The van der Waals surface area contributed by atoms with E-state index in [0.717, 1.165) is 11.1 Å². The lowest BCUT2D eigenvalue weighted by Crippen LogP contribution is -2.46. The van der Waals surface area contributed by atoms with Crippen LogP contribution in [-0.2, 0) is 27.9 Å². The molecule has 1 aromatic heterocycles. The summed E-state index contributed by atoms with van der Waals surface area (Å²) in [4.78, 5) is 15.4. The molecule has 7 heteroatoms. The van der Waals surface area contributed by atoms with E-state index in [1.165, 1.54) is 15.6 Å². The van der Waals surface area contributed by atoms with Crippen LogP contribution >= 0.6 is 11.3 Å². The first-order chi connectivity index (χ1) is 15.0. The monoisotopic (exact) mass is 454 g/mol. The molecule has 0 saturated carbocycles. The van der Waals surface area contributed by atoms with Crippen LogP contribution in [-0.4, -0.2) is 36.6 Å². The van der Waals surface area contributed by atoms with Gasteiger partial charge in [-0.05, 0) is 35.4 Å². The van der Waals surface area contributed by atoms with Gasteiger partial charge in [0.1, 0.15) is 4.21 Å². The van der Waals surface area contributed by atoms with E-state index < -0.39 is 10.0 Å². The number of thiophene rings is 1. The maximum Gasteiger partial charge on any atom is 0.252 e. The van der Waals surface area contributed by atoms with Crippen molar-refractivity contribution >= 4 is 27.3 Å². The maximum atomic E-state index is 13.6. The lowest BCUT2D eigenvalue weighted by molar-refractivity contribution is -0.138. The zero-order chi connectivity index (χ0) is 21.7. The predicted octanol–water partition coefficient (Wildman–Crippen LogP) is 4.38. The summed E-state index contributed by atoms with van der Waals surface area (Å²) in [6, 6.07) is 23.2. The van der Waals surface area contributed by atoms with Gasteiger partial charge in [-0.25, -0.2) is 8.42 Å². The minimum atomic E-state index is -3.55. The number of hydrogen-bond donors (Lipinski definition) is 0. The average molecular weight is 455 g/mol. The van der Waals surface area contributed by atoms with Gasteiger partial charge in [-0.15, -0.1) is 11.3 Å². The molecule has 1 atom stereocenters. The van der Waals surface area contributed by atoms with Crippen LogP contribution in [0.15, 0.2) is 82.4 Å². The summed E-state index contributed by atoms with van der Waals surface area (Å²) < 4.78 is 27.8. The third-order valence-electron chi connectivity index (χ3n) is 5.57. The van der Waals surface area contributed by atoms with E-state index in [2.05, 4.69) is 0 Å². The number of piperidine rings is 1. The molecular weight excluding hydrogens is 428 g/mol. The minimum absolute atomic E-state index is 0.0128. The van der Waals surface area contributed by atoms with Crippen LogP contribution in [0.1, 0.15) is 24.0 Å². The van der Waals surface area contributed by atoms with Crippen LogP contribution in [0.4, 0.5) is 0 Å². The van der Waals surface area contributed by atoms with Gasteiger partial charge in [0, 0.05) is 26.2 Å². The van der Waals surface area contributed by atoms with Gasteiger partial charge < -0.3 is 4.90 Å².